The van der Waals surface area contributed by atoms with Gasteiger partial charge < -0.3 is 10.1 Å². The zero-order chi connectivity index (χ0) is 14.4. The van der Waals surface area contributed by atoms with E-state index in [4.69, 9.17) is 4.74 Å². The van der Waals surface area contributed by atoms with Crippen molar-refractivity contribution in [3.8, 4) is 5.75 Å². The van der Waals surface area contributed by atoms with E-state index in [1.165, 1.54) is 11.1 Å². The molecule has 2 atom stereocenters. The van der Waals surface area contributed by atoms with E-state index in [1.54, 1.807) is 7.11 Å². The summed E-state index contributed by atoms with van der Waals surface area (Å²) in [5, 5.41) is 3.70. The van der Waals surface area contributed by atoms with Crippen molar-refractivity contribution < 1.29 is 4.74 Å². The number of hydrogen-bond acceptors (Lipinski definition) is 2. The Kier molecular flexibility index (Phi) is 5.19. The summed E-state index contributed by atoms with van der Waals surface area (Å²) in [6.07, 6.45) is 1.06. The predicted octanol–water partition coefficient (Wildman–Crippen LogP) is 4.50. The quantitative estimate of drug-likeness (QED) is 0.834. The van der Waals surface area contributed by atoms with Crippen LogP contribution < -0.4 is 10.1 Å². The zero-order valence-electron chi connectivity index (χ0n) is 12.5. The number of benzene rings is 2. The minimum atomic E-state index is 0.336. The van der Waals surface area contributed by atoms with Crippen molar-refractivity contribution in [1.29, 1.82) is 0 Å². The van der Waals surface area contributed by atoms with Gasteiger partial charge in [-0.05, 0) is 36.6 Å². The number of methoxy groups -OCH3 is 1. The fourth-order valence-electron chi connectivity index (χ4n) is 2.43. The van der Waals surface area contributed by atoms with Gasteiger partial charge in [0, 0.05) is 12.1 Å². The molecule has 0 unspecified atom stereocenters. The first-order chi connectivity index (χ1) is 9.74. The molecule has 2 rings (SSSR count). The molecule has 0 amide bonds. The second-order valence-corrected chi connectivity index (χ2v) is 5.03. The molecule has 0 aromatic heterocycles. The van der Waals surface area contributed by atoms with Gasteiger partial charge in [0.1, 0.15) is 5.75 Å². The normalized spacial score (nSPS) is 13.8. The largest absolute Gasteiger partial charge is 0.497 e. The molecule has 0 saturated carbocycles. The third-order valence-electron chi connectivity index (χ3n) is 3.68. The van der Waals surface area contributed by atoms with Crippen LogP contribution in [-0.2, 0) is 0 Å². The summed E-state index contributed by atoms with van der Waals surface area (Å²) in [5.74, 6) is 0.903. The fraction of sp³-hybridized carbons (Fsp3) is 0.333. The van der Waals surface area contributed by atoms with Gasteiger partial charge >= 0.3 is 0 Å². The standard InChI is InChI=1S/C18H23NO/c1-4-18(16-10-12-17(20-3)13-11-16)19-14(2)15-8-6-5-7-9-15/h5-14,18-19H,4H2,1-3H3/t14-,18+/m1/s1. The van der Waals surface area contributed by atoms with Crippen LogP contribution >= 0.6 is 0 Å². The first-order valence-corrected chi connectivity index (χ1v) is 7.19. The van der Waals surface area contributed by atoms with Gasteiger partial charge in [-0.25, -0.2) is 0 Å². The van der Waals surface area contributed by atoms with Gasteiger partial charge in [-0.2, -0.15) is 0 Å². The third kappa shape index (κ3) is 3.61. The maximum absolute atomic E-state index is 5.21. The Morgan fingerprint density at radius 3 is 2.15 bits per heavy atom. The lowest BCUT2D eigenvalue weighted by atomic mass is 10.0. The summed E-state index contributed by atoms with van der Waals surface area (Å²) in [4.78, 5) is 0. The van der Waals surface area contributed by atoms with Crippen molar-refractivity contribution in [3.63, 3.8) is 0 Å². The van der Waals surface area contributed by atoms with Crippen LogP contribution in [0.5, 0.6) is 5.75 Å². The van der Waals surface area contributed by atoms with Crippen LogP contribution in [0.3, 0.4) is 0 Å². The molecule has 2 heteroatoms. The molecule has 0 spiro atoms. The summed E-state index contributed by atoms with van der Waals surface area (Å²) < 4.78 is 5.21. The van der Waals surface area contributed by atoms with E-state index in [0.29, 0.717) is 12.1 Å². The van der Waals surface area contributed by atoms with Crippen molar-refractivity contribution in [2.75, 3.05) is 7.11 Å². The topological polar surface area (TPSA) is 21.3 Å². The van der Waals surface area contributed by atoms with Crippen LogP contribution in [0.4, 0.5) is 0 Å². The van der Waals surface area contributed by atoms with E-state index in [9.17, 15) is 0 Å². The molecular weight excluding hydrogens is 246 g/mol. The molecule has 0 fully saturated rings. The van der Waals surface area contributed by atoms with Gasteiger partial charge in [0.05, 0.1) is 7.11 Å². The highest BCUT2D eigenvalue weighted by atomic mass is 16.5. The Labute approximate surface area is 121 Å². The molecule has 0 radical (unpaired) electrons. The second-order valence-electron chi connectivity index (χ2n) is 5.03. The molecule has 0 saturated heterocycles. The highest BCUT2D eigenvalue weighted by molar-refractivity contribution is 5.29. The number of rotatable bonds is 6. The van der Waals surface area contributed by atoms with Crippen LogP contribution in [0, 0.1) is 0 Å². The SMILES string of the molecule is CC[C@H](N[C@H](C)c1ccccc1)c1ccc(OC)cc1. The predicted molar refractivity (Wildman–Crippen MR) is 84.0 cm³/mol. The van der Waals surface area contributed by atoms with Gasteiger partial charge in [-0.3, -0.25) is 0 Å². The van der Waals surface area contributed by atoms with Gasteiger partial charge in [0.25, 0.3) is 0 Å². The Morgan fingerprint density at radius 2 is 1.60 bits per heavy atom. The molecule has 2 aromatic rings. The van der Waals surface area contributed by atoms with Crippen LogP contribution in [0.15, 0.2) is 54.6 Å². The van der Waals surface area contributed by atoms with Gasteiger partial charge in [0.2, 0.25) is 0 Å². The van der Waals surface area contributed by atoms with E-state index in [2.05, 4.69) is 61.6 Å². The summed E-state index contributed by atoms with van der Waals surface area (Å²) >= 11 is 0. The Morgan fingerprint density at radius 1 is 0.950 bits per heavy atom. The van der Waals surface area contributed by atoms with Crippen molar-refractivity contribution in [2.45, 2.75) is 32.4 Å². The Balaban J connectivity index is 2.08. The van der Waals surface area contributed by atoms with E-state index < -0.39 is 0 Å². The number of hydrogen-bond donors (Lipinski definition) is 1. The minimum Gasteiger partial charge on any atom is -0.497 e. The van der Waals surface area contributed by atoms with Crippen LogP contribution in [0.1, 0.15) is 43.5 Å². The molecule has 0 heterocycles. The first kappa shape index (κ1) is 14.6. The highest BCUT2D eigenvalue weighted by Gasteiger charge is 2.13. The fourth-order valence-corrected chi connectivity index (χ4v) is 2.43. The van der Waals surface area contributed by atoms with Crippen molar-refractivity contribution in [1.82, 2.24) is 5.32 Å². The summed E-state index contributed by atoms with van der Waals surface area (Å²) in [6.45, 7) is 4.42. The van der Waals surface area contributed by atoms with Crippen molar-refractivity contribution in [3.05, 3.63) is 65.7 Å². The summed E-state index contributed by atoms with van der Waals surface area (Å²) in [7, 11) is 1.70. The molecule has 0 aliphatic heterocycles. The zero-order valence-corrected chi connectivity index (χ0v) is 12.5. The van der Waals surface area contributed by atoms with Gasteiger partial charge in [-0.1, -0.05) is 49.4 Å². The molecule has 106 valence electrons. The van der Waals surface area contributed by atoms with Gasteiger partial charge in [0.15, 0.2) is 0 Å². The lowest BCUT2D eigenvalue weighted by Crippen LogP contribution is -2.24. The molecule has 0 aliphatic carbocycles. The maximum Gasteiger partial charge on any atom is 0.118 e. The molecule has 2 nitrogen and oxygen atoms in total. The summed E-state index contributed by atoms with van der Waals surface area (Å²) in [5.41, 5.74) is 2.62. The molecule has 1 N–H and O–H groups in total. The van der Waals surface area contributed by atoms with E-state index in [1.807, 2.05) is 12.1 Å². The molecule has 2 aromatic carbocycles. The molecule has 0 aliphatic rings. The Hall–Kier alpha value is -1.80. The average Bonchev–Trinajstić information content (AvgIpc) is 2.53. The second kappa shape index (κ2) is 7.11. The molecule has 20 heavy (non-hydrogen) atoms. The highest BCUT2D eigenvalue weighted by Crippen LogP contribution is 2.23. The van der Waals surface area contributed by atoms with Crippen LogP contribution in [0.2, 0.25) is 0 Å². The van der Waals surface area contributed by atoms with Crippen molar-refractivity contribution >= 4 is 0 Å². The first-order valence-electron chi connectivity index (χ1n) is 7.19. The van der Waals surface area contributed by atoms with Gasteiger partial charge in [-0.15, -0.1) is 0 Å². The maximum atomic E-state index is 5.21. The van der Waals surface area contributed by atoms with Crippen LogP contribution in [0.25, 0.3) is 0 Å². The van der Waals surface area contributed by atoms with E-state index in [-0.39, 0.29) is 0 Å². The molecular formula is C18H23NO. The van der Waals surface area contributed by atoms with Crippen LogP contribution in [-0.4, -0.2) is 7.11 Å². The number of ether oxygens (including phenoxy) is 1. The lowest BCUT2D eigenvalue weighted by Gasteiger charge is -2.23. The van der Waals surface area contributed by atoms with Crippen molar-refractivity contribution in [2.24, 2.45) is 0 Å². The average molecular weight is 269 g/mol. The van der Waals surface area contributed by atoms with E-state index in [0.717, 1.165) is 12.2 Å². The molecule has 0 bridgehead atoms. The number of nitrogens with one attached hydrogen (secondary N) is 1. The summed E-state index contributed by atoms with van der Waals surface area (Å²) in [6, 6.07) is 19.6. The monoisotopic (exact) mass is 269 g/mol. The lowest BCUT2D eigenvalue weighted by molar-refractivity contribution is 0.413. The van der Waals surface area contributed by atoms with E-state index >= 15 is 0 Å². The minimum absolute atomic E-state index is 0.336. The third-order valence-corrected chi connectivity index (χ3v) is 3.68. The smallest absolute Gasteiger partial charge is 0.118 e. The Bertz CT molecular complexity index is 507.